The Morgan fingerprint density at radius 1 is 1.48 bits per heavy atom. The summed E-state index contributed by atoms with van der Waals surface area (Å²) in [6, 6.07) is 2.31. The van der Waals surface area contributed by atoms with Gasteiger partial charge in [-0.15, -0.1) is 0 Å². The van der Waals surface area contributed by atoms with E-state index in [2.05, 4.69) is 5.32 Å². The summed E-state index contributed by atoms with van der Waals surface area (Å²) in [6.07, 6.45) is 0. The molecule has 0 aliphatic carbocycles. The molecular weight excluding hydrogens is 300 g/mol. The number of nitrogens with two attached hydrogens (primary N) is 1. The second-order valence-electron chi connectivity index (χ2n) is 4.21. The first-order valence-electron chi connectivity index (χ1n) is 6.03. The van der Waals surface area contributed by atoms with Gasteiger partial charge in [-0.05, 0) is 26.0 Å². The third kappa shape index (κ3) is 4.13. The Morgan fingerprint density at radius 3 is 2.57 bits per heavy atom. The number of nitrogens with one attached hydrogen (secondary N) is 2. The maximum atomic E-state index is 12.0. The molecule has 1 aromatic rings. The summed E-state index contributed by atoms with van der Waals surface area (Å²) in [6.45, 7) is 3.48. The number of nitro benzene ring substituents is 1. The largest absolute Gasteiger partial charge is 0.380 e. The molecule has 10 heteroatoms. The van der Waals surface area contributed by atoms with Crippen molar-refractivity contribution >= 4 is 27.3 Å². The lowest BCUT2D eigenvalue weighted by atomic mass is 10.2. The molecule has 1 aromatic carbocycles. The van der Waals surface area contributed by atoms with Crippen LogP contribution in [0.5, 0.6) is 0 Å². The van der Waals surface area contributed by atoms with Crippen LogP contribution in [0.2, 0.25) is 0 Å². The van der Waals surface area contributed by atoms with Crippen molar-refractivity contribution in [2.75, 3.05) is 11.9 Å². The number of nitro groups is 1. The fraction of sp³-hybridized carbons (Fsp3) is 0.364. The molecule has 0 heterocycles. The topological polar surface area (TPSA) is 144 Å². The fourth-order valence-corrected chi connectivity index (χ4v) is 2.76. The highest BCUT2D eigenvalue weighted by Gasteiger charge is 2.24. The van der Waals surface area contributed by atoms with Crippen molar-refractivity contribution in [1.29, 1.82) is 0 Å². The highest BCUT2D eigenvalue weighted by atomic mass is 32.2. The van der Waals surface area contributed by atoms with Crippen molar-refractivity contribution in [2.24, 2.45) is 5.73 Å². The Labute approximate surface area is 121 Å². The first kappa shape index (κ1) is 16.9. The second-order valence-corrected chi connectivity index (χ2v) is 5.93. The van der Waals surface area contributed by atoms with E-state index in [0.717, 1.165) is 6.07 Å². The first-order chi connectivity index (χ1) is 9.69. The molecule has 0 aromatic heterocycles. The molecule has 0 aliphatic rings. The number of rotatable bonds is 7. The highest BCUT2D eigenvalue weighted by Crippen LogP contribution is 2.27. The molecule has 0 spiro atoms. The molecule has 1 atom stereocenters. The lowest BCUT2D eigenvalue weighted by Crippen LogP contribution is -2.42. The second kappa shape index (κ2) is 6.50. The van der Waals surface area contributed by atoms with Crippen LogP contribution < -0.4 is 15.8 Å². The maximum Gasteiger partial charge on any atom is 0.293 e. The number of amides is 1. The molecule has 4 N–H and O–H groups in total. The number of primary amides is 1. The Hall–Kier alpha value is -2.20. The van der Waals surface area contributed by atoms with Gasteiger partial charge in [-0.1, -0.05) is 0 Å². The van der Waals surface area contributed by atoms with Crippen molar-refractivity contribution in [2.45, 2.75) is 24.8 Å². The standard InChI is InChI=1S/C11H16N4O5S/c1-3-13-9-5-4-8(6-10(9)15(17)18)21(19,20)14-7(2)11(12)16/h4-7,13-14H,3H2,1-2H3,(H2,12,16). The van der Waals surface area contributed by atoms with Gasteiger partial charge in [0, 0.05) is 12.6 Å². The van der Waals surface area contributed by atoms with Crippen molar-refractivity contribution in [3.63, 3.8) is 0 Å². The van der Waals surface area contributed by atoms with Crippen LogP contribution in [0.15, 0.2) is 23.1 Å². The first-order valence-corrected chi connectivity index (χ1v) is 7.51. The number of sulfonamides is 1. The van der Waals surface area contributed by atoms with Gasteiger partial charge in [0.25, 0.3) is 5.69 Å². The van der Waals surface area contributed by atoms with Crippen molar-refractivity contribution in [3.8, 4) is 0 Å². The van der Waals surface area contributed by atoms with Crippen LogP contribution >= 0.6 is 0 Å². The monoisotopic (exact) mass is 316 g/mol. The number of carbonyl (C=O) groups excluding carboxylic acids is 1. The van der Waals surface area contributed by atoms with Gasteiger partial charge in [-0.2, -0.15) is 4.72 Å². The van der Waals surface area contributed by atoms with Crippen LogP contribution in [0, 0.1) is 10.1 Å². The molecule has 1 amide bonds. The summed E-state index contributed by atoms with van der Waals surface area (Å²) in [5, 5.41) is 13.7. The van der Waals surface area contributed by atoms with Crippen LogP contribution in [-0.4, -0.2) is 31.8 Å². The number of carbonyl (C=O) groups is 1. The summed E-state index contributed by atoms with van der Waals surface area (Å²) < 4.78 is 26.1. The molecule has 0 saturated heterocycles. The maximum absolute atomic E-state index is 12.0. The summed E-state index contributed by atoms with van der Waals surface area (Å²) in [5.74, 6) is -0.850. The average Bonchev–Trinajstić information content (AvgIpc) is 2.38. The average molecular weight is 316 g/mol. The van der Waals surface area contributed by atoms with Gasteiger partial charge in [0.15, 0.2) is 0 Å². The van der Waals surface area contributed by atoms with E-state index < -0.39 is 26.9 Å². The Kier molecular flexibility index (Phi) is 5.22. The van der Waals surface area contributed by atoms with Crippen LogP contribution in [0.3, 0.4) is 0 Å². The fourth-order valence-electron chi connectivity index (χ4n) is 1.53. The van der Waals surface area contributed by atoms with E-state index in [1.54, 1.807) is 6.92 Å². The SMILES string of the molecule is CCNc1ccc(S(=O)(=O)NC(C)C(N)=O)cc1[N+](=O)[O-]. The summed E-state index contributed by atoms with van der Waals surface area (Å²) in [7, 11) is -4.08. The lowest BCUT2D eigenvalue weighted by molar-refractivity contribution is -0.384. The Balaban J connectivity index is 3.22. The molecular formula is C11H16N4O5S. The quantitative estimate of drug-likeness (QED) is 0.483. The van der Waals surface area contributed by atoms with Gasteiger partial charge in [0.1, 0.15) is 5.69 Å². The van der Waals surface area contributed by atoms with Gasteiger partial charge in [-0.25, -0.2) is 8.42 Å². The van der Waals surface area contributed by atoms with Crippen molar-refractivity contribution < 1.29 is 18.1 Å². The summed E-state index contributed by atoms with van der Waals surface area (Å²) in [4.78, 5) is 20.9. The molecule has 0 aliphatic heterocycles. The molecule has 0 saturated carbocycles. The van der Waals surface area contributed by atoms with Crippen molar-refractivity contribution in [1.82, 2.24) is 4.72 Å². The number of hydrogen-bond donors (Lipinski definition) is 3. The van der Waals surface area contributed by atoms with Crippen LogP contribution in [0.25, 0.3) is 0 Å². The van der Waals surface area contributed by atoms with E-state index >= 15 is 0 Å². The van der Waals surface area contributed by atoms with E-state index in [9.17, 15) is 23.3 Å². The smallest absolute Gasteiger partial charge is 0.293 e. The molecule has 0 bridgehead atoms. The van der Waals surface area contributed by atoms with Crippen LogP contribution in [0.4, 0.5) is 11.4 Å². The molecule has 9 nitrogen and oxygen atoms in total. The number of hydrogen-bond acceptors (Lipinski definition) is 6. The Morgan fingerprint density at radius 2 is 2.10 bits per heavy atom. The molecule has 0 radical (unpaired) electrons. The third-order valence-corrected chi connectivity index (χ3v) is 4.14. The third-order valence-electron chi connectivity index (χ3n) is 2.60. The van der Waals surface area contributed by atoms with Crippen LogP contribution in [0.1, 0.15) is 13.8 Å². The summed E-state index contributed by atoms with van der Waals surface area (Å²) in [5.41, 5.74) is 4.82. The number of benzene rings is 1. The number of nitrogens with zero attached hydrogens (tertiary/aromatic N) is 1. The minimum atomic E-state index is -4.08. The normalized spacial score (nSPS) is 12.7. The van der Waals surface area contributed by atoms with Gasteiger partial charge in [0.05, 0.1) is 15.9 Å². The van der Waals surface area contributed by atoms with E-state index in [1.807, 2.05) is 4.72 Å². The van der Waals surface area contributed by atoms with E-state index in [4.69, 9.17) is 5.73 Å². The zero-order valence-corrected chi connectivity index (χ0v) is 12.3. The minimum Gasteiger partial charge on any atom is -0.380 e. The zero-order chi connectivity index (χ0) is 16.2. The Bertz CT molecular complexity index is 659. The van der Waals surface area contributed by atoms with Crippen LogP contribution in [-0.2, 0) is 14.8 Å². The molecule has 1 rings (SSSR count). The van der Waals surface area contributed by atoms with Crippen molar-refractivity contribution in [3.05, 3.63) is 28.3 Å². The zero-order valence-electron chi connectivity index (χ0n) is 11.5. The van der Waals surface area contributed by atoms with E-state index in [1.165, 1.54) is 19.1 Å². The van der Waals surface area contributed by atoms with Gasteiger partial charge in [-0.3, -0.25) is 14.9 Å². The highest BCUT2D eigenvalue weighted by molar-refractivity contribution is 7.89. The van der Waals surface area contributed by atoms with Gasteiger partial charge < -0.3 is 11.1 Å². The molecule has 21 heavy (non-hydrogen) atoms. The molecule has 116 valence electrons. The summed E-state index contributed by atoms with van der Waals surface area (Å²) >= 11 is 0. The number of anilines is 1. The van der Waals surface area contributed by atoms with Gasteiger partial charge >= 0.3 is 0 Å². The van der Waals surface area contributed by atoms with E-state index in [-0.39, 0.29) is 16.3 Å². The predicted molar refractivity (Wildman–Crippen MR) is 76.2 cm³/mol. The minimum absolute atomic E-state index is 0.212. The van der Waals surface area contributed by atoms with Gasteiger partial charge in [0.2, 0.25) is 15.9 Å². The van der Waals surface area contributed by atoms with E-state index in [0.29, 0.717) is 6.54 Å². The lowest BCUT2D eigenvalue weighted by Gasteiger charge is -2.12. The molecule has 0 fully saturated rings. The molecule has 1 unspecified atom stereocenters. The predicted octanol–water partition coefficient (Wildman–Crippen LogP) is 0.179.